The zero-order valence-electron chi connectivity index (χ0n) is 10.1. The van der Waals surface area contributed by atoms with Gasteiger partial charge in [-0.3, -0.25) is 4.79 Å². The lowest BCUT2D eigenvalue weighted by Gasteiger charge is -2.19. The van der Waals surface area contributed by atoms with Crippen molar-refractivity contribution >= 4 is 5.78 Å². The van der Waals surface area contributed by atoms with Crippen molar-refractivity contribution in [3.05, 3.63) is 48.6 Å². The molecule has 0 saturated heterocycles. The van der Waals surface area contributed by atoms with Crippen LogP contribution in [0.4, 0.5) is 0 Å². The normalized spacial score (nSPS) is 12.4. The molecule has 0 saturated carbocycles. The topological polar surface area (TPSA) is 17.1 Å². The van der Waals surface area contributed by atoms with Gasteiger partial charge in [0.15, 0.2) is 0 Å². The number of Topliss-reactive ketones (excluding diaryl/α,β-unsaturated/α-hetero) is 1. The fourth-order valence-electron chi connectivity index (χ4n) is 1.88. The van der Waals surface area contributed by atoms with E-state index in [1.54, 1.807) is 6.08 Å². The van der Waals surface area contributed by atoms with Crippen LogP contribution in [-0.4, -0.2) is 5.78 Å². The lowest BCUT2D eigenvalue weighted by Crippen LogP contribution is -2.22. The van der Waals surface area contributed by atoms with Gasteiger partial charge in [-0.25, -0.2) is 0 Å². The molecule has 0 unspecified atom stereocenters. The molecular formula is C15H20O. The van der Waals surface area contributed by atoms with Crippen LogP contribution in [-0.2, 0) is 11.2 Å². The third kappa shape index (κ3) is 3.65. The number of ketones is 1. The highest BCUT2D eigenvalue weighted by molar-refractivity contribution is 5.82. The highest BCUT2D eigenvalue weighted by Crippen LogP contribution is 2.19. The Balaban J connectivity index is 2.72. The van der Waals surface area contributed by atoms with E-state index in [1.807, 2.05) is 18.2 Å². The first-order valence-corrected chi connectivity index (χ1v) is 5.82. The maximum Gasteiger partial charge on any atom is 0.140 e. The summed E-state index contributed by atoms with van der Waals surface area (Å²) in [5, 5.41) is 0. The second kappa shape index (κ2) is 6.26. The molecule has 0 radical (unpaired) electrons. The molecule has 0 aliphatic heterocycles. The van der Waals surface area contributed by atoms with Crippen molar-refractivity contribution < 1.29 is 4.79 Å². The second-order valence-corrected chi connectivity index (χ2v) is 4.50. The van der Waals surface area contributed by atoms with Gasteiger partial charge in [-0.15, -0.1) is 6.58 Å². The summed E-state index contributed by atoms with van der Waals surface area (Å²) in [5.41, 5.74) is 1.23. The fraction of sp³-hybridized carbons (Fsp3) is 0.400. The van der Waals surface area contributed by atoms with Gasteiger partial charge in [0.1, 0.15) is 5.78 Å². The van der Waals surface area contributed by atoms with Gasteiger partial charge in [-0.05, 0) is 17.9 Å². The Bertz CT molecular complexity index is 338. The lowest BCUT2D eigenvalue weighted by atomic mass is 9.84. The molecular weight excluding hydrogens is 196 g/mol. The van der Waals surface area contributed by atoms with Crippen LogP contribution in [0.25, 0.3) is 0 Å². The summed E-state index contributed by atoms with van der Waals surface area (Å²) in [4.78, 5) is 11.9. The number of carbonyl (C=O) groups excluding carboxylic acids is 1. The monoisotopic (exact) mass is 216 g/mol. The first-order valence-electron chi connectivity index (χ1n) is 5.82. The highest BCUT2D eigenvalue weighted by Gasteiger charge is 2.20. The predicted molar refractivity (Wildman–Crippen MR) is 68.3 cm³/mol. The van der Waals surface area contributed by atoms with Gasteiger partial charge in [0, 0.05) is 12.3 Å². The van der Waals surface area contributed by atoms with Crippen molar-refractivity contribution in [2.75, 3.05) is 0 Å². The van der Waals surface area contributed by atoms with Crippen LogP contribution >= 0.6 is 0 Å². The number of rotatable bonds is 6. The minimum absolute atomic E-state index is 0.111. The smallest absolute Gasteiger partial charge is 0.140 e. The second-order valence-electron chi connectivity index (χ2n) is 4.50. The van der Waals surface area contributed by atoms with E-state index < -0.39 is 0 Å². The number of carbonyl (C=O) groups is 1. The quantitative estimate of drug-likeness (QED) is 0.663. The van der Waals surface area contributed by atoms with Gasteiger partial charge in [-0.2, -0.15) is 0 Å². The number of hydrogen-bond acceptors (Lipinski definition) is 1. The molecule has 0 bridgehead atoms. The Morgan fingerprint density at radius 2 is 1.94 bits per heavy atom. The van der Waals surface area contributed by atoms with Gasteiger partial charge in [-0.1, -0.05) is 50.3 Å². The third-order valence-corrected chi connectivity index (χ3v) is 2.86. The molecule has 1 atom stereocenters. The van der Waals surface area contributed by atoms with E-state index in [2.05, 4.69) is 32.6 Å². The van der Waals surface area contributed by atoms with E-state index in [0.29, 0.717) is 18.1 Å². The summed E-state index contributed by atoms with van der Waals surface area (Å²) < 4.78 is 0. The molecule has 0 spiro atoms. The summed E-state index contributed by atoms with van der Waals surface area (Å²) in [6.07, 6.45) is 3.02. The SMILES string of the molecule is C=CCC(=O)[C@@H](Cc1ccccc1)C(C)C. The van der Waals surface area contributed by atoms with Crippen molar-refractivity contribution in [2.24, 2.45) is 11.8 Å². The molecule has 0 fully saturated rings. The summed E-state index contributed by atoms with van der Waals surface area (Å²) >= 11 is 0. The minimum Gasteiger partial charge on any atom is -0.299 e. The predicted octanol–water partition coefficient (Wildman–Crippen LogP) is 3.65. The molecule has 1 heteroatoms. The molecule has 1 aromatic carbocycles. The standard InChI is InChI=1S/C15H20O/c1-4-8-15(16)14(12(2)3)11-13-9-6-5-7-10-13/h4-7,9-10,12,14H,1,8,11H2,2-3H3/t14-/m0/s1. The third-order valence-electron chi connectivity index (χ3n) is 2.86. The van der Waals surface area contributed by atoms with Crippen molar-refractivity contribution in [2.45, 2.75) is 26.7 Å². The Hall–Kier alpha value is -1.37. The summed E-state index contributed by atoms with van der Waals surface area (Å²) in [5.74, 6) is 0.793. The first-order chi connectivity index (χ1) is 7.65. The largest absolute Gasteiger partial charge is 0.299 e. The number of allylic oxidation sites excluding steroid dienone is 1. The molecule has 0 aromatic heterocycles. The van der Waals surface area contributed by atoms with Gasteiger partial charge in [0.2, 0.25) is 0 Å². The minimum atomic E-state index is 0.111. The maximum atomic E-state index is 11.9. The van der Waals surface area contributed by atoms with Crippen LogP contribution in [0.5, 0.6) is 0 Å². The fourth-order valence-corrected chi connectivity index (χ4v) is 1.88. The Kier molecular flexibility index (Phi) is 4.97. The Morgan fingerprint density at radius 1 is 1.31 bits per heavy atom. The summed E-state index contributed by atoms with van der Waals surface area (Å²) in [6, 6.07) is 10.2. The molecule has 1 rings (SSSR count). The van der Waals surface area contributed by atoms with E-state index in [-0.39, 0.29) is 5.92 Å². The molecule has 0 amide bonds. The van der Waals surface area contributed by atoms with Crippen LogP contribution in [0.1, 0.15) is 25.8 Å². The van der Waals surface area contributed by atoms with Crippen LogP contribution in [0, 0.1) is 11.8 Å². The zero-order valence-corrected chi connectivity index (χ0v) is 10.1. The van der Waals surface area contributed by atoms with E-state index >= 15 is 0 Å². The van der Waals surface area contributed by atoms with Crippen LogP contribution < -0.4 is 0 Å². The van der Waals surface area contributed by atoms with E-state index in [9.17, 15) is 4.79 Å². The van der Waals surface area contributed by atoms with Gasteiger partial charge >= 0.3 is 0 Å². The maximum absolute atomic E-state index is 11.9. The van der Waals surface area contributed by atoms with Crippen molar-refractivity contribution in [1.29, 1.82) is 0 Å². The Labute approximate surface area is 98.2 Å². The van der Waals surface area contributed by atoms with Crippen molar-refractivity contribution in [3.8, 4) is 0 Å². The number of benzene rings is 1. The molecule has 0 aliphatic rings. The number of hydrogen-bond donors (Lipinski definition) is 0. The van der Waals surface area contributed by atoms with Crippen LogP contribution in [0.2, 0.25) is 0 Å². The van der Waals surface area contributed by atoms with Crippen molar-refractivity contribution in [1.82, 2.24) is 0 Å². The molecule has 16 heavy (non-hydrogen) atoms. The van der Waals surface area contributed by atoms with Gasteiger partial charge in [0.05, 0.1) is 0 Å². The zero-order chi connectivity index (χ0) is 12.0. The molecule has 0 N–H and O–H groups in total. The first kappa shape index (κ1) is 12.7. The summed E-state index contributed by atoms with van der Waals surface area (Å²) in [6.45, 7) is 7.84. The van der Waals surface area contributed by atoms with Crippen LogP contribution in [0.3, 0.4) is 0 Å². The van der Waals surface area contributed by atoms with E-state index in [1.165, 1.54) is 5.56 Å². The average Bonchev–Trinajstić information content (AvgIpc) is 2.27. The highest BCUT2D eigenvalue weighted by atomic mass is 16.1. The molecule has 0 aliphatic carbocycles. The van der Waals surface area contributed by atoms with Gasteiger partial charge < -0.3 is 0 Å². The van der Waals surface area contributed by atoms with E-state index in [0.717, 1.165) is 6.42 Å². The molecule has 1 aromatic rings. The van der Waals surface area contributed by atoms with E-state index in [4.69, 9.17) is 0 Å². The van der Waals surface area contributed by atoms with Gasteiger partial charge in [0.25, 0.3) is 0 Å². The van der Waals surface area contributed by atoms with Crippen molar-refractivity contribution in [3.63, 3.8) is 0 Å². The molecule has 0 heterocycles. The summed E-state index contributed by atoms with van der Waals surface area (Å²) in [7, 11) is 0. The van der Waals surface area contributed by atoms with Crippen LogP contribution in [0.15, 0.2) is 43.0 Å². The Morgan fingerprint density at radius 3 is 2.44 bits per heavy atom. The lowest BCUT2D eigenvalue weighted by molar-refractivity contribution is -0.123. The molecule has 1 nitrogen and oxygen atoms in total. The molecule has 86 valence electrons. The average molecular weight is 216 g/mol.